The van der Waals surface area contributed by atoms with Gasteiger partial charge in [-0.2, -0.15) is 0 Å². The maximum absolute atomic E-state index is 13.3. The molecule has 5 heteroatoms. The molecular weight excluding hydrogens is 263 g/mol. The Morgan fingerprint density at radius 1 is 1.32 bits per heavy atom. The van der Waals surface area contributed by atoms with Gasteiger partial charge in [0.1, 0.15) is 10.7 Å². The fourth-order valence-electron chi connectivity index (χ4n) is 1.79. The van der Waals surface area contributed by atoms with Crippen molar-refractivity contribution in [1.29, 1.82) is 0 Å². The van der Waals surface area contributed by atoms with Crippen LogP contribution in [-0.2, 0) is 5.41 Å². The van der Waals surface area contributed by atoms with Crippen molar-refractivity contribution >= 4 is 17.3 Å². The molecule has 19 heavy (non-hydrogen) atoms. The number of ketones is 1. The Balaban J connectivity index is 2.51. The molecule has 0 spiro atoms. The van der Waals surface area contributed by atoms with E-state index in [9.17, 15) is 9.18 Å². The van der Waals surface area contributed by atoms with Crippen LogP contribution >= 0.6 is 11.5 Å². The Bertz CT molecular complexity index is 629. The van der Waals surface area contributed by atoms with Gasteiger partial charge in [0, 0.05) is 11.0 Å². The van der Waals surface area contributed by atoms with E-state index in [1.54, 1.807) is 13.0 Å². The number of halogens is 1. The first kappa shape index (κ1) is 13.8. The second kappa shape index (κ2) is 4.81. The van der Waals surface area contributed by atoms with Crippen LogP contribution in [0.1, 0.15) is 47.3 Å². The molecule has 0 saturated carbocycles. The van der Waals surface area contributed by atoms with Crippen LogP contribution in [0.25, 0.3) is 0 Å². The van der Waals surface area contributed by atoms with Gasteiger partial charge in [-0.15, -0.1) is 5.10 Å². The molecule has 0 atom stereocenters. The smallest absolute Gasteiger partial charge is 0.206 e. The van der Waals surface area contributed by atoms with E-state index in [1.807, 2.05) is 20.8 Å². The van der Waals surface area contributed by atoms with Gasteiger partial charge in [0.25, 0.3) is 0 Å². The molecule has 2 aromatic rings. The molecule has 3 nitrogen and oxygen atoms in total. The first-order chi connectivity index (χ1) is 8.80. The van der Waals surface area contributed by atoms with E-state index in [2.05, 4.69) is 9.59 Å². The lowest BCUT2D eigenvalue weighted by molar-refractivity contribution is 0.103. The van der Waals surface area contributed by atoms with Crippen molar-refractivity contribution < 1.29 is 9.18 Å². The lowest BCUT2D eigenvalue weighted by Gasteiger charge is -2.16. The molecule has 0 N–H and O–H groups in total. The zero-order valence-corrected chi connectivity index (χ0v) is 12.1. The SMILES string of the molecule is Cc1ccc(F)cc1C(=O)c1snnc1C(C)(C)C. The Labute approximate surface area is 115 Å². The van der Waals surface area contributed by atoms with Crippen LogP contribution < -0.4 is 0 Å². The summed E-state index contributed by atoms with van der Waals surface area (Å²) in [5, 5.41) is 4.04. The van der Waals surface area contributed by atoms with Gasteiger partial charge in [0.2, 0.25) is 5.78 Å². The van der Waals surface area contributed by atoms with Crippen LogP contribution in [0.2, 0.25) is 0 Å². The van der Waals surface area contributed by atoms with Crippen LogP contribution in [0.15, 0.2) is 18.2 Å². The molecule has 0 bridgehead atoms. The number of carbonyl (C=O) groups excluding carboxylic acids is 1. The van der Waals surface area contributed by atoms with Crippen LogP contribution in [-0.4, -0.2) is 15.4 Å². The zero-order chi connectivity index (χ0) is 14.2. The number of hydrogen-bond donors (Lipinski definition) is 0. The molecule has 0 saturated heterocycles. The standard InChI is InChI=1S/C14H15FN2OS/c1-8-5-6-9(15)7-10(8)11(18)12-13(14(2,3)4)16-17-19-12/h5-7H,1-4H3. The van der Waals surface area contributed by atoms with Crippen molar-refractivity contribution in [2.45, 2.75) is 33.1 Å². The van der Waals surface area contributed by atoms with Crippen LogP contribution in [0.3, 0.4) is 0 Å². The third-order valence-corrected chi connectivity index (χ3v) is 3.57. The molecule has 2 rings (SSSR count). The first-order valence-electron chi connectivity index (χ1n) is 5.94. The Morgan fingerprint density at radius 3 is 2.63 bits per heavy atom. The normalized spacial score (nSPS) is 11.6. The van der Waals surface area contributed by atoms with Crippen LogP contribution in [0.4, 0.5) is 4.39 Å². The average molecular weight is 278 g/mol. The minimum atomic E-state index is -0.413. The summed E-state index contributed by atoms with van der Waals surface area (Å²) in [5.41, 5.74) is 1.52. The Morgan fingerprint density at radius 2 is 2.00 bits per heavy atom. The van der Waals surface area contributed by atoms with Crippen LogP contribution in [0.5, 0.6) is 0 Å². The maximum Gasteiger partial charge on any atom is 0.206 e. The predicted molar refractivity (Wildman–Crippen MR) is 73.2 cm³/mol. The van der Waals surface area contributed by atoms with Crippen molar-refractivity contribution in [1.82, 2.24) is 9.59 Å². The van der Waals surface area contributed by atoms with Crippen molar-refractivity contribution in [3.05, 3.63) is 45.7 Å². The minimum Gasteiger partial charge on any atom is -0.288 e. The quantitative estimate of drug-likeness (QED) is 0.789. The minimum absolute atomic E-state index is 0.211. The number of hydrogen-bond acceptors (Lipinski definition) is 4. The average Bonchev–Trinajstić information content (AvgIpc) is 2.80. The third kappa shape index (κ3) is 2.71. The second-order valence-electron chi connectivity index (χ2n) is 5.49. The van der Waals surface area contributed by atoms with Gasteiger partial charge < -0.3 is 0 Å². The molecule has 0 unspecified atom stereocenters. The van der Waals surface area contributed by atoms with Crippen molar-refractivity contribution in [3.8, 4) is 0 Å². The molecule has 0 aliphatic rings. The number of carbonyl (C=O) groups is 1. The number of rotatable bonds is 2. The van der Waals surface area contributed by atoms with Gasteiger partial charge in [-0.3, -0.25) is 4.79 Å². The van der Waals surface area contributed by atoms with Crippen molar-refractivity contribution in [3.63, 3.8) is 0 Å². The van der Waals surface area contributed by atoms with E-state index in [0.717, 1.165) is 17.1 Å². The van der Waals surface area contributed by atoms with Gasteiger partial charge >= 0.3 is 0 Å². The van der Waals surface area contributed by atoms with E-state index in [4.69, 9.17) is 0 Å². The van der Waals surface area contributed by atoms with Gasteiger partial charge in [0.15, 0.2) is 0 Å². The molecule has 0 aliphatic carbocycles. The molecule has 100 valence electrons. The summed E-state index contributed by atoms with van der Waals surface area (Å²) < 4.78 is 17.2. The first-order valence-corrected chi connectivity index (χ1v) is 6.71. The molecule has 1 heterocycles. The number of aryl methyl sites for hydroxylation is 1. The lowest BCUT2D eigenvalue weighted by Crippen LogP contribution is -2.17. The van der Waals surface area contributed by atoms with Crippen LogP contribution in [0, 0.1) is 12.7 Å². The predicted octanol–water partition coefficient (Wildman–Crippen LogP) is 3.51. The summed E-state index contributed by atoms with van der Waals surface area (Å²) in [6, 6.07) is 4.22. The Hall–Kier alpha value is -1.62. The highest BCUT2D eigenvalue weighted by molar-refractivity contribution is 7.08. The number of benzene rings is 1. The molecular formula is C14H15FN2OS. The molecule has 1 aromatic carbocycles. The fraction of sp³-hybridized carbons (Fsp3) is 0.357. The van der Waals surface area contributed by atoms with Gasteiger partial charge in [-0.25, -0.2) is 4.39 Å². The Kier molecular flexibility index (Phi) is 3.49. The van der Waals surface area contributed by atoms with Crippen molar-refractivity contribution in [2.75, 3.05) is 0 Å². The van der Waals surface area contributed by atoms with E-state index < -0.39 is 5.82 Å². The molecule has 1 aromatic heterocycles. The highest BCUT2D eigenvalue weighted by atomic mass is 32.1. The number of aromatic nitrogens is 2. The number of nitrogens with zero attached hydrogens (tertiary/aromatic N) is 2. The van der Waals surface area contributed by atoms with E-state index in [1.165, 1.54) is 12.1 Å². The van der Waals surface area contributed by atoms with E-state index in [0.29, 0.717) is 16.1 Å². The molecule has 0 amide bonds. The van der Waals surface area contributed by atoms with Gasteiger partial charge in [0.05, 0.1) is 5.69 Å². The van der Waals surface area contributed by atoms with E-state index >= 15 is 0 Å². The maximum atomic E-state index is 13.3. The molecule has 0 fully saturated rings. The summed E-state index contributed by atoms with van der Waals surface area (Å²) in [6.07, 6.45) is 0. The summed E-state index contributed by atoms with van der Waals surface area (Å²) in [4.78, 5) is 13.0. The summed E-state index contributed by atoms with van der Waals surface area (Å²) in [6.45, 7) is 7.70. The monoisotopic (exact) mass is 278 g/mol. The molecule has 0 radical (unpaired) electrons. The van der Waals surface area contributed by atoms with Gasteiger partial charge in [-0.05, 0) is 36.2 Å². The highest BCUT2D eigenvalue weighted by Crippen LogP contribution is 2.28. The summed E-state index contributed by atoms with van der Waals surface area (Å²) >= 11 is 1.06. The summed E-state index contributed by atoms with van der Waals surface area (Å²) in [7, 11) is 0. The second-order valence-corrected chi connectivity index (χ2v) is 6.24. The highest BCUT2D eigenvalue weighted by Gasteiger charge is 2.27. The lowest BCUT2D eigenvalue weighted by atomic mass is 9.89. The third-order valence-electron chi connectivity index (χ3n) is 2.85. The zero-order valence-electron chi connectivity index (χ0n) is 11.3. The summed E-state index contributed by atoms with van der Waals surface area (Å²) in [5.74, 6) is -0.624. The topological polar surface area (TPSA) is 42.9 Å². The van der Waals surface area contributed by atoms with E-state index in [-0.39, 0.29) is 11.2 Å². The van der Waals surface area contributed by atoms with Gasteiger partial charge in [-0.1, -0.05) is 31.3 Å². The fourth-order valence-corrected chi connectivity index (χ4v) is 2.62. The van der Waals surface area contributed by atoms with Crippen molar-refractivity contribution in [2.24, 2.45) is 0 Å². The molecule has 0 aliphatic heterocycles. The largest absolute Gasteiger partial charge is 0.288 e.